The number of halogens is 3. The van der Waals surface area contributed by atoms with E-state index in [0.717, 1.165) is 11.9 Å². The topological polar surface area (TPSA) is 36.1 Å². The molecule has 0 saturated heterocycles. The molecule has 2 rings (SSSR count). The molecule has 0 atom stereocenters. The SMILES string of the molecule is CC1=CC=CCN1c1c[nH]c(C(F)(F)F)cc1=O. The summed E-state index contributed by atoms with van der Waals surface area (Å²) in [6.07, 6.45) is 2.01. The van der Waals surface area contributed by atoms with Crippen molar-refractivity contribution in [1.29, 1.82) is 0 Å². The molecule has 1 aromatic rings. The van der Waals surface area contributed by atoms with Gasteiger partial charge in [-0.25, -0.2) is 0 Å². The van der Waals surface area contributed by atoms with Crippen molar-refractivity contribution >= 4 is 5.69 Å². The summed E-state index contributed by atoms with van der Waals surface area (Å²) in [7, 11) is 0. The Bertz CT molecular complexity index is 569. The Kier molecular flexibility index (Phi) is 3.02. The summed E-state index contributed by atoms with van der Waals surface area (Å²) < 4.78 is 37.2. The average Bonchev–Trinajstić information content (AvgIpc) is 2.29. The van der Waals surface area contributed by atoms with Crippen LogP contribution in [0.3, 0.4) is 0 Å². The Balaban J connectivity index is 2.40. The van der Waals surface area contributed by atoms with Gasteiger partial charge in [-0.1, -0.05) is 12.2 Å². The lowest BCUT2D eigenvalue weighted by atomic mass is 10.2. The smallest absolute Gasteiger partial charge is 0.356 e. The molecule has 96 valence electrons. The number of alkyl halides is 3. The van der Waals surface area contributed by atoms with Crippen molar-refractivity contribution < 1.29 is 13.2 Å². The van der Waals surface area contributed by atoms with E-state index in [1.165, 1.54) is 0 Å². The van der Waals surface area contributed by atoms with Gasteiger partial charge in [0.25, 0.3) is 0 Å². The van der Waals surface area contributed by atoms with E-state index in [9.17, 15) is 18.0 Å². The van der Waals surface area contributed by atoms with Crippen LogP contribution in [-0.4, -0.2) is 11.5 Å². The maximum absolute atomic E-state index is 12.4. The van der Waals surface area contributed by atoms with Crippen LogP contribution in [0, 0.1) is 0 Å². The van der Waals surface area contributed by atoms with Gasteiger partial charge in [0.2, 0.25) is 5.43 Å². The second-order valence-corrected chi connectivity index (χ2v) is 3.94. The Hall–Kier alpha value is -1.98. The van der Waals surface area contributed by atoms with Crippen LogP contribution >= 0.6 is 0 Å². The lowest BCUT2D eigenvalue weighted by Gasteiger charge is -2.25. The van der Waals surface area contributed by atoms with Crippen LogP contribution < -0.4 is 10.3 Å². The van der Waals surface area contributed by atoms with E-state index in [1.807, 2.05) is 12.2 Å². The molecular weight excluding hydrogens is 245 g/mol. The number of aromatic amines is 1. The minimum Gasteiger partial charge on any atom is -0.356 e. The van der Waals surface area contributed by atoms with E-state index < -0.39 is 17.3 Å². The number of nitrogens with zero attached hydrogens (tertiary/aromatic N) is 1. The zero-order valence-electron chi connectivity index (χ0n) is 9.58. The highest BCUT2D eigenvalue weighted by atomic mass is 19.4. The van der Waals surface area contributed by atoms with Gasteiger partial charge in [0.15, 0.2) is 0 Å². The second kappa shape index (κ2) is 4.36. The molecular formula is C12H11F3N2O. The lowest BCUT2D eigenvalue weighted by Crippen LogP contribution is -2.28. The summed E-state index contributed by atoms with van der Waals surface area (Å²) in [5.41, 5.74) is -0.668. The van der Waals surface area contributed by atoms with E-state index >= 15 is 0 Å². The highest BCUT2D eigenvalue weighted by Crippen LogP contribution is 2.27. The molecule has 0 bridgehead atoms. The van der Waals surface area contributed by atoms with E-state index in [1.54, 1.807) is 17.9 Å². The second-order valence-electron chi connectivity index (χ2n) is 3.94. The van der Waals surface area contributed by atoms with Crippen molar-refractivity contribution in [3.05, 3.63) is 52.1 Å². The van der Waals surface area contributed by atoms with Crippen molar-refractivity contribution in [3.63, 3.8) is 0 Å². The van der Waals surface area contributed by atoms with Crippen LogP contribution in [0.4, 0.5) is 18.9 Å². The van der Waals surface area contributed by atoms with Gasteiger partial charge in [-0.3, -0.25) is 4.79 Å². The Morgan fingerprint density at radius 2 is 2.11 bits per heavy atom. The van der Waals surface area contributed by atoms with Gasteiger partial charge < -0.3 is 9.88 Å². The fourth-order valence-electron chi connectivity index (χ4n) is 1.73. The van der Waals surface area contributed by atoms with Crippen molar-refractivity contribution in [2.75, 3.05) is 11.4 Å². The molecule has 0 spiro atoms. The first-order valence-corrected chi connectivity index (χ1v) is 5.30. The third kappa shape index (κ3) is 2.32. The third-order valence-corrected chi connectivity index (χ3v) is 2.68. The summed E-state index contributed by atoms with van der Waals surface area (Å²) in [4.78, 5) is 15.5. The maximum Gasteiger partial charge on any atom is 0.431 e. The van der Waals surface area contributed by atoms with E-state index in [4.69, 9.17) is 0 Å². The minimum absolute atomic E-state index is 0.209. The van der Waals surface area contributed by atoms with Gasteiger partial charge >= 0.3 is 6.18 Å². The largest absolute Gasteiger partial charge is 0.431 e. The van der Waals surface area contributed by atoms with Crippen LogP contribution in [-0.2, 0) is 6.18 Å². The van der Waals surface area contributed by atoms with Crippen molar-refractivity contribution in [3.8, 4) is 0 Å². The molecule has 1 aliphatic rings. The van der Waals surface area contributed by atoms with Crippen LogP contribution in [0.1, 0.15) is 12.6 Å². The summed E-state index contributed by atoms with van der Waals surface area (Å²) in [6, 6.07) is 0.584. The Morgan fingerprint density at radius 1 is 1.39 bits per heavy atom. The minimum atomic E-state index is -4.54. The van der Waals surface area contributed by atoms with E-state index in [-0.39, 0.29) is 5.69 Å². The van der Waals surface area contributed by atoms with Gasteiger partial charge in [0.1, 0.15) is 11.4 Å². The molecule has 0 amide bonds. The maximum atomic E-state index is 12.4. The molecule has 0 radical (unpaired) electrons. The number of aromatic nitrogens is 1. The zero-order valence-corrected chi connectivity index (χ0v) is 9.58. The van der Waals surface area contributed by atoms with Gasteiger partial charge in [-0.2, -0.15) is 13.2 Å². The predicted molar refractivity (Wildman–Crippen MR) is 62.3 cm³/mol. The Labute approximate surface area is 101 Å². The molecule has 1 aromatic heterocycles. The molecule has 0 fully saturated rings. The standard InChI is InChI=1S/C12H11F3N2O/c1-8-4-2-3-5-17(8)9-7-16-11(6-10(9)18)12(13,14)15/h2-4,6-7H,5H2,1H3,(H,16,18). The van der Waals surface area contributed by atoms with E-state index in [2.05, 4.69) is 4.98 Å². The van der Waals surface area contributed by atoms with Gasteiger partial charge in [-0.05, 0) is 13.0 Å². The first-order valence-electron chi connectivity index (χ1n) is 5.30. The van der Waals surface area contributed by atoms with Gasteiger partial charge in [-0.15, -0.1) is 0 Å². The Morgan fingerprint density at radius 3 is 2.67 bits per heavy atom. The number of anilines is 1. The molecule has 0 saturated carbocycles. The van der Waals surface area contributed by atoms with Crippen molar-refractivity contribution in [1.82, 2.24) is 4.98 Å². The van der Waals surface area contributed by atoms with Crippen LogP contribution in [0.5, 0.6) is 0 Å². The van der Waals surface area contributed by atoms with Gasteiger partial charge in [0.05, 0.1) is 0 Å². The third-order valence-electron chi connectivity index (χ3n) is 2.68. The number of H-pyrrole nitrogens is 1. The number of hydrogen-bond acceptors (Lipinski definition) is 2. The monoisotopic (exact) mass is 256 g/mol. The summed E-state index contributed by atoms with van der Waals surface area (Å²) >= 11 is 0. The highest BCUT2D eigenvalue weighted by Gasteiger charge is 2.32. The van der Waals surface area contributed by atoms with Crippen molar-refractivity contribution in [2.45, 2.75) is 13.1 Å². The first kappa shape index (κ1) is 12.5. The van der Waals surface area contributed by atoms with Crippen LogP contribution in [0.2, 0.25) is 0 Å². The number of rotatable bonds is 1. The molecule has 1 N–H and O–H groups in total. The zero-order chi connectivity index (χ0) is 13.3. The molecule has 18 heavy (non-hydrogen) atoms. The van der Waals surface area contributed by atoms with Gasteiger partial charge in [0, 0.05) is 24.5 Å². The van der Waals surface area contributed by atoms with Crippen molar-refractivity contribution in [2.24, 2.45) is 0 Å². The number of hydrogen-bond donors (Lipinski definition) is 1. The molecule has 0 unspecified atom stereocenters. The molecule has 2 heterocycles. The van der Waals surface area contributed by atoms with Crippen LogP contribution in [0.25, 0.3) is 0 Å². The lowest BCUT2D eigenvalue weighted by molar-refractivity contribution is -0.141. The van der Waals surface area contributed by atoms with Crippen LogP contribution in [0.15, 0.2) is 41.0 Å². The molecule has 1 aliphatic heterocycles. The normalized spacial score (nSPS) is 15.8. The predicted octanol–water partition coefficient (Wildman–Crippen LogP) is 2.67. The number of nitrogens with one attached hydrogen (secondary N) is 1. The summed E-state index contributed by atoms with van der Waals surface area (Å²) in [5, 5.41) is 0. The average molecular weight is 256 g/mol. The first-order chi connectivity index (χ1) is 8.39. The summed E-state index contributed by atoms with van der Waals surface area (Å²) in [5.74, 6) is 0. The molecule has 0 aliphatic carbocycles. The molecule has 3 nitrogen and oxygen atoms in total. The summed E-state index contributed by atoms with van der Waals surface area (Å²) in [6.45, 7) is 2.26. The number of allylic oxidation sites excluding steroid dienone is 3. The highest BCUT2D eigenvalue weighted by molar-refractivity contribution is 5.53. The van der Waals surface area contributed by atoms with E-state index in [0.29, 0.717) is 12.6 Å². The quantitative estimate of drug-likeness (QED) is 0.838. The molecule has 6 heteroatoms. The molecule has 0 aromatic carbocycles. The number of pyridine rings is 1. The fourth-order valence-corrected chi connectivity index (χ4v) is 1.73. The fraction of sp³-hybridized carbons (Fsp3) is 0.250.